The van der Waals surface area contributed by atoms with E-state index in [2.05, 4.69) is 10.6 Å². The molecule has 1 aliphatic rings. The van der Waals surface area contributed by atoms with Gasteiger partial charge in [0, 0.05) is 30.9 Å². The van der Waals surface area contributed by atoms with Gasteiger partial charge in [0.1, 0.15) is 0 Å². The fourth-order valence-electron chi connectivity index (χ4n) is 4.08. The first-order valence-electron chi connectivity index (χ1n) is 10.1. The Morgan fingerprint density at radius 2 is 1.39 bits per heavy atom. The molecule has 0 aromatic heterocycles. The third kappa shape index (κ3) is 4.05. The highest BCUT2D eigenvalue weighted by Crippen LogP contribution is 2.42. The fourth-order valence-corrected chi connectivity index (χ4v) is 4.08. The first-order valence-corrected chi connectivity index (χ1v) is 10.1. The van der Waals surface area contributed by atoms with Crippen LogP contribution in [0.4, 0.5) is 11.4 Å². The van der Waals surface area contributed by atoms with Gasteiger partial charge in [-0.1, -0.05) is 48.5 Å². The number of amides is 3. The lowest BCUT2D eigenvalue weighted by molar-refractivity contribution is -0.119. The van der Waals surface area contributed by atoms with E-state index in [9.17, 15) is 14.4 Å². The number of benzene rings is 3. The highest BCUT2D eigenvalue weighted by atomic mass is 16.2. The number of hydrogen-bond donors (Lipinski definition) is 2. The maximum atomic E-state index is 13.5. The minimum atomic E-state index is -0.573. The third-order valence-electron chi connectivity index (χ3n) is 5.48. The van der Waals surface area contributed by atoms with Crippen molar-refractivity contribution in [2.24, 2.45) is 0 Å². The van der Waals surface area contributed by atoms with Crippen molar-refractivity contribution in [2.75, 3.05) is 17.7 Å². The molecule has 0 saturated heterocycles. The van der Waals surface area contributed by atoms with Crippen LogP contribution in [0.1, 0.15) is 40.4 Å². The molecule has 2 atom stereocenters. The van der Waals surface area contributed by atoms with E-state index >= 15 is 0 Å². The number of nitrogens with zero attached hydrogens (tertiary/aromatic N) is 1. The van der Waals surface area contributed by atoms with E-state index in [0.29, 0.717) is 22.5 Å². The SMILES string of the molecule is CC(=O)Nc1ccc(NC(=O)[C@@H]2c3ccccc3C(=O)N(C)[C@@H]2c2ccccc2)cc1. The largest absolute Gasteiger partial charge is 0.334 e. The molecule has 0 aliphatic carbocycles. The first kappa shape index (κ1) is 20.3. The van der Waals surface area contributed by atoms with Crippen molar-refractivity contribution in [1.82, 2.24) is 4.90 Å². The average Bonchev–Trinajstić information content (AvgIpc) is 2.77. The van der Waals surface area contributed by atoms with Crippen LogP contribution in [0.15, 0.2) is 78.9 Å². The molecule has 0 unspecified atom stereocenters. The van der Waals surface area contributed by atoms with Crippen LogP contribution in [-0.4, -0.2) is 29.7 Å². The second-order valence-corrected chi connectivity index (χ2v) is 7.58. The van der Waals surface area contributed by atoms with Crippen LogP contribution in [0, 0.1) is 0 Å². The Balaban J connectivity index is 1.70. The molecule has 1 aliphatic heterocycles. The van der Waals surface area contributed by atoms with Gasteiger partial charge in [0.15, 0.2) is 0 Å². The van der Waals surface area contributed by atoms with Crippen LogP contribution in [-0.2, 0) is 9.59 Å². The number of likely N-dealkylation sites (N-methyl/N-ethyl adjacent to an activating group) is 1. The summed E-state index contributed by atoms with van der Waals surface area (Å²) in [5.74, 6) is -1.04. The van der Waals surface area contributed by atoms with E-state index in [1.165, 1.54) is 6.92 Å². The number of anilines is 2. The molecule has 0 bridgehead atoms. The van der Waals surface area contributed by atoms with Gasteiger partial charge in [-0.3, -0.25) is 14.4 Å². The van der Waals surface area contributed by atoms with E-state index in [1.807, 2.05) is 48.5 Å². The van der Waals surface area contributed by atoms with Gasteiger partial charge >= 0.3 is 0 Å². The number of rotatable bonds is 4. The van der Waals surface area contributed by atoms with Crippen molar-refractivity contribution in [1.29, 1.82) is 0 Å². The molecule has 3 amide bonds. The van der Waals surface area contributed by atoms with Crippen molar-refractivity contribution in [3.05, 3.63) is 95.6 Å². The predicted molar refractivity (Wildman–Crippen MR) is 120 cm³/mol. The van der Waals surface area contributed by atoms with Crippen LogP contribution in [0.25, 0.3) is 0 Å². The molecule has 3 aromatic rings. The lowest BCUT2D eigenvalue weighted by Gasteiger charge is -2.39. The van der Waals surface area contributed by atoms with E-state index in [-0.39, 0.29) is 17.7 Å². The van der Waals surface area contributed by atoms with Crippen LogP contribution in [0.3, 0.4) is 0 Å². The Labute approximate surface area is 180 Å². The van der Waals surface area contributed by atoms with Gasteiger partial charge in [-0.05, 0) is 41.5 Å². The van der Waals surface area contributed by atoms with E-state index in [0.717, 1.165) is 5.56 Å². The van der Waals surface area contributed by atoms with Gasteiger partial charge in [-0.25, -0.2) is 0 Å². The van der Waals surface area contributed by atoms with Gasteiger partial charge in [-0.15, -0.1) is 0 Å². The van der Waals surface area contributed by atoms with Crippen LogP contribution >= 0.6 is 0 Å². The van der Waals surface area contributed by atoms with Gasteiger partial charge in [0.2, 0.25) is 11.8 Å². The summed E-state index contributed by atoms with van der Waals surface area (Å²) in [6.07, 6.45) is 0. The number of nitrogens with one attached hydrogen (secondary N) is 2. The first-order chi connectivity index (χ1) is 15.0. The van der Waals surface area contributed by atoms with Crippen LogP contribution in [0.5, 0.6) is 0 Å². The zero-order chi connectivity index (χ0) is 22.0. The van der Waals surface area contributed by atoms with E-state index < -0.39 is 12.0 Å². The smallest absolute Gasteiger partial charge is 0.254 e. The molecule has 4 rings (SSSR count). The summed E-state index contributed by atoms with van der Waals surface area (Å²) in [6, 6.07) is 23.4. The number of fused-ring (bicyclic) bond motifs is 1. The zero-order valence-corrected chi connectivity index (χ0v) is 17.3. The van der Waals surface area contributed by atoms with Crippen LogP contribution in [0.2, 0.25) is 0 Å². The molecule has 0 radical (unpaired) electrons. The highest BCUT2D eigenvalue weighted by Gasteiger charge is 2.42. The Kier molecular flexibility index (Phi) is 5.54. The molecule has 6 heteroatoms. The Morgan fingerprint density at radius 3 is 2.03 bits per heavy atom. The van der Waals surface area contributed by atoms with Crippen molar-refractivity contribution >= 4 is 29.1 Å². The molecule has 6 nitrogen and oxygen atoms in total. The quantitative estimate of drug-likeness (QED) is 0.673. The molecular weight excluding hydrogens is 390 g/mol. The minimum Gasteiger partial charge on any atom is -0.334 e. The van der Waals surface area contributed by atoms with Gasteiger partial charge in [-0.2, -0.15) is 0 Å². The van der Waals surface area contributed by atoms with Crippen molar-refractivity contribution < 1.29 is 14.4 Å². The Bertz CT molecular complexity index is 1130. The number of carbonyl (C=O) groups excluding carboxylic acids is 3. The maximum absolute atomic E-state index is 13.5. The summed E-state index contributed by atoms with van der Waals surface area (Å²) < 4.78 is 0. The predicted octanol–water partition coefficient (Wildman–Crippen LogP) is 4.19. The molecule has 0 spiro atoms. The molecular formula is C25H23N3O3. The molecule has 2 N–H and O–H groups in total. The van der Waals surface area contributed by atoms with E-state index in [1.54, 1.807) is 42.3 Å². The van der Waals surface area contributed by atoms with E-state index in [4.69, 9.17) is 0 Å². The Hall–Kier alpha value is -3.93. The number of carbonyl (C=O) groups is 3. The third-order valence-corrected chi connectivity index (χ3v) is 5.48. The molecule has 156 valence electrons. The molecule has 0 fully saturated rings. The van der Waals surface area contributed by atoms with Crippen LogP contribution < -0.4 is 10.6 Å². The topological polar surface area (TPSA) is 78.5 Å². The Morgan fingerprint density at radius 1 is 0.806 bits per heavy atom. The van der Waals surface area contributed by atoms with Gasteiger partial charge < -0.3 is 15.5 Å². The number of hydrogen-bond acceptors (Lipinski definition) is 3. The average molecular weight is 413 g/mol. The summed E-state index contributed by atoms with van der Waals surface area (Å²) in [5, 5.41) is 5.68. The zero-order valence-electron chi connectivity index (χ0n) is 17.3. The monoisotopic (exact) mass is 413 g/mol. The second-order valence-electron chi connectivity index (χ2n) is 7.58. The summed E-state index contributed by atoms with van der Waals surface area (Å²) in [5.41, 5.74) is 3.42. The standard InChI is InChI=1S/C25H23N3O3/c1-16(29)26-18-12-14-19(15-13-18)27-24(30)22-20-10-6-7-11-21(20)25(31)28(2)23(22)17-8-4-3-5-9-17/h3-15,22-23H,1-2H3,(H,26,29)(H,27,30)/t22-,23-/m1/s1. The summed E-state index contributed by atoms with van der Waals surface area (Å²) >= 11 is 0. The normalized spacial score (nSPS) is 17.6. The summed E-state index contributed by atoms with van der Waals surface area (Å²) in [6.45, 7) is 1.44. The summed E-state index contributed by atoms with van der Waals surface area (Å²) in [4.78, 5) is 39.4. The van der Waals surface area contributed by atoms with Gasteiger partial charge in [0.05, 0.1) is 12.0 Å². The van der Waals surface area contributed by atoms with Crippen molar-refractivity contribution in [2.45, 2.75) is 18.9 Å². The molecule has 1 heterocycles. The highest BCUT2D eigenvalue weighted by molar-refractivity contribution is 6.04. The second kappa shape index (κ2) is 8.44. The van der Waals surface area contributed by atoms with Gasteiger partial charge in [0.25, 0.3) is 5.91 Å². The maximum Gasteiger partial charge on any atom is 0.254 e. The lowest BCUT2D eigenvalue weighted by Crippen LogP contribution is -2.44. The van der Waals surface area contributed by atoms with Crippen molar-refractivity contribution in [3.8, 4) is 0 Å². The minimum absolute atomic E-state index is 0.104. The molecule has 0 saturated carbocycles. The molecule has 31 heavy (non-hydrogen) atoms. The summed E-state index contributed by atoms with van der Waals surface area (Å²) in [7, 11) is 1.73. The molecule has 3 aromatic carbocycles. The lowest BCUT2D eigenvalue weighted by atomic mass is 9.79. The fraction of sp³-hybridized carbons (Fsp3) is 0.160. The van der Waals surface area contributed by atoms with Crippen molar-refractivity contribution in [3.63, 3.8) is 0 Å².